The summed E-state index contributed by atoms with van der Waals surface area (Å²) < 4.78 is 32.7. The van der Waals surface area contributed by atoms with Crippen LogP contribution in [-0.4, -0.2) is 17.8 Å². The highest BCUT2D eigenvalue weighted by atomic mass is 32.2. The second-order valence-corrected chi connectivity index (χ2v) is 4.74. The fraction of sp³-hybridized carbons (Fsp3) is 0.214. The molecular weight excluding hydrogens is 282 g/mol. The summed E-state index contributed by atoms with van der Waals surface area (Å²) in [5.74, 6) is -1.36. The second-order valence-electron chi connectivity index (χ2n) is 3.89. The van der Waals surface area contributed by atoms with E-state index in [1.54, 1.807) is 19.1 Å². The Morgan fingerprint density at radius 1 is 1.25 bits per heavy atom. The number of para-hydroxylation sites is 1. The number of anilines is 1. The Morgan fingerprint density at radius 3 is 2.70 bits per heavy atom. The maximum absolute atomic E-state index is 13.7. The molecule has 0 unspecified atom stereocenters. The number of thioether (sulfide) groups is 1. The number of aromatic nitrogens is 1. The number of rotatable bonds is 5. The van der Waals surface area contributed by atoms with E-state index in [2.05, 4.69) is 10.3 Å². The minimum Gasteiger partial charge on any atom is -0.435 e. The number of benzene rings is 1. The van der Waals surface area contributed by atoms with E-state index in [-0.39, 0.29) is 11.7 Å². The molecule has 0 saturated heterocycles. The number of pyridine rings is 1. The monoisotopic (exact) mass is 296 g/mol. The fourth-order valence-corrected chi connectivity index (χ4v) is 2.15. The van der Waals surface area contributed by atoms with Gasteiger partial charge in [0.05, 0.1) is 0 Å². The first kappa shape index (κ1) is 14.6. The first-order valence-corrected chi connectivity index (χ1v) is 7.29. The summed E-state index contributed by atoms with van der Waals surface area (Å²) in [5, 5.41) is 2.72. The number of nitrogens with zero attached hydrogens (tertiary/aromatic N) is 1. The third-order valence-electron chi connectivity index (χ3n) is 2.52. The highest BCUT2D eigenvalue weighted by molar-refractivity contribution is 7.98. The van der Waals surface area contributed by atoms with Crippen molar-refractivity contribution in [3.8, 4) is 11.6 Å². The standard InChI is InChI=1S/C14H14F2N2OS/c1-3-17-13-9(15)8-10(16)14(18-13)19-11-6-4-5-7-12(11)20-2/h4-8H,3H2,1-2H3,(H,17,18). The van der Waals surface area contributed by atoms with E-state index in [9.17, 15) is 8.78 Å². The van der Waals surface area contributed by atoms with E-state index >= 15 is 0 Å². The lowest BCUT2D eigenvalue weighted by atomic mass is 10.3. The molecule has 3 nitrogen and oxygen atoms in total. The molecule has 106 valence electrons. The molecule has 20 heavy (non-hydrogen) atoms. The normalized spacial score (nSPS) is 10.4. The van der Waals surface area contributed by atoms with Crippen molar-refractivity contribution >= 4 is 17.6 Å². The Kier molecular flexibility index (Phi) is 4.79. The molecule has 6 heteroatoms. The lowest BCUT2D eigenvalue weighted by Gasteiger charge is -2.11. The Labute approximate surface area is 120 Å². The van der Waals surface area contributed by atoms with Crippen LogP contribution in [-0.2, 0) is 0 Å². The van der Waals surface area contributed by atoms with Crippen molar-refractivity contribution in [2.24, 2.45) is 0 Å². The minimum atomic E-state index is -0.833. The van der Waals surface area contributed by atoms with Crippen LogP contribution in [0.5, 0.6) is 11.6 Å². The van der Waals surface area contributed by atoms with Crippen molar-refractivity contribution in [2.45, 2.75) is 11.8 Å². The molecule has 0 bridgehead atoms. The van der Waals surface area contributed by atoms with E-state index in [1.165, 1.54) is 11.8 Å². The number of hydrogen-bond donors (Lipinski definition) is 1. The summed E-state index contributed by atoms with van der Waals surface area (Å²) in [7, 11) is 0. The minimum absolute atomic E-state index is 0.0227. The third-order valence-corrected chi connectivity index (χ3v) is 3.29. The van der Waals surface area contributed by atoms with Crippen LogP contribution in [0.1, 0.15) is 6.92 Å². The molecule has 0 fully saturated rings. The van der Waals surface area contributed by atoms with Gasteiger partial charge in [0.25, 0.3) is 5.88 Å². The molecule has 0 aliphatic rings. The zero-order valence-electron chi connectivity index (χ0n) is 11.1. The maximum Gasteiger partial charge on any atom is 0.258 e. The van der Waals surface area contributed by atoms with Crippen LogP contribution in [0.3, 0.4) is 0 Å². The molecule has 1 N–H and O–H groups in total. The molecule has 0 atom stereocenters. The topological polar surface area (TPSA) is 34.2 Å². The van der Waals surface area contributed by atoms with E-state index in [0.29, 0.717) is 12.3 Å². The van der Waals surface area contributed by atoms with Gasteiger partial charge in [0.2, 0.25) is 0 Å². The lowest BCUT2D eigenvalue weighted by Crippen LogP contribution is -2.04. The third kappa shape index (κ3) is 3.19. The van der Waals surface area contributed by atoms with Gasteiger partial charge in [-0.3, -0.25) is 0 Å². The number of nitrogens with one attached hydrogen (secondary N) is 1. The van der Waals surface area contributed by atoms with Gasteiger partial charge in [0, 0.05) is 17.5 Å². The van der Waals surface area contributed by atoms with Crippen molar-refractivity contribution in [1.29, 1.82) is 0 Å². The van der Waals surface area contributed by atoms with E-state index in [4.69, 9.17) is 4.74 Å². The van der Waals surface area contributed by atoms with Gasteiger partial charge in [-0.25, -0.2) is 8.78 Å². The average molecular weight is 296 g/mol. The van der Waals surface area contributed by atoms with Crippen molar-refractivity contribution in [2.75, 3.05) is 18.1 Å². The molecule has 0 aliphatic heterocycles. The zero-order valence-corrected chi connectivity index (χ0v) is 11.9. The molecule has 1 aromatic carbocycles. The molecule has 0 radical (unpaired) electrons. The molecule has 0 saturated carbocycles. The number of ether oxygens (including phenoxy) is 1. The van der Waals surface area contributed by atoms with Gasteiger partial charge in [-0.1, -0.05) is 12.1 Å². The van der Waals surface area contributed by atoms with Crippen molar-refractivity contribution in [3.63, 3.8) is 0 Å². The number of hydrogen-bond acceptors (Lipinski definition) is 4. The molecule has 1 heterocycles. The predicted octanol–water partition coefficient (Wildman–Crippen LogP) is 4.31. The van der Waals surface area contributed by atoms with Crippen LogP contribution in [0.4, 0.5) is 14.6 Å². The van der Waals surface area contributed by atoms with Gasteiger partial charge < -0.3 is 10.1 Å². The van der Waals surface area contributed by atoms with Gasteiger partial charge in [-0.15, -0.1) is 11.8 Å². The maximum atomic E-state index is 13.7. The summed E-state index contributed by atoms with van der Waals surface area (Å²) >= 11 is 1.47. The summed E-state index contributed by atoms with van der Waals surface area (Å²) in [5.41, 5.74) is 0. The largest absolute Gasteiger partial charge is 0.435 e. The van der Waals surface area contributed by atoms with Gasteiger partial charge in [-0.05, 0) is 25.3 Å². The summed E-state index contributed by atoms with van der Waals surface area (Å²) in [4.78, 5) is 4.69. The Bertz CT molecular complexity index is 608. The molecule has 1 aromatic heterocycles. The summed E-state index contributed by atoms with van der Waals surface area (Å²) in [6, 6.07) is 7.97. The number of halogens is 2. The molecule has 0 aliphatic carbocycles. The second kappa shape index (κ2) is 6.56. The van der Waals surface area contributed by atoms with Crippen LogP contribution >= 0.6 is 11.8 Å². The van der Waals surface area contributed by atoms with Crippen LogP contribution in [0.15, 0.2) is 35.2 Å². The van der Waals surface area contributed by atoms with Gasteiger partial charge in [0.1, 0.15) is 5.75 Å². The average Bonchev–Trinajstić information content (AvgIpc) is 2.45. The van der Waals surface area contributed by atoms with Crippen LogP contribution in [0.25, 0.3) is 0 Å². The summed E-state index contributed by atoms with van der Waals surface area (Å²) in [6.45, 7) is 2.28. The van der Waals surface area contributed by atoms with Crippen molar-refractivity contribution in [1.82, 2.24) is 4.98 Å². The van der Waals surface area contributed by atoms with Crippen LogP contribution < -0.4 is 10.1 Å². The predicted molar refractivity (Wildman–Crippen MR) is 76.6 cm³/mol. The molecule has 2 aromatic rings. The molecule has 2 rings (SSSR count). The highest BCUT2D eigenvalue weighted by Crippen LogP contribution is 2.32. The molecule has 0 spiro atoms. The quantitative estimate of drug-likeness (QED) is 0.834. The van der Waals surface area contributed by atoms with Crippen molar-refractivity contribution < 1.29 is 13.5 Å². The first-order valence-electron chi connectivity index (χ1n) is 6.06. The molecular formula is C14H14F2N2OS. The lowest BCUT2D eigenvalue weighted by molar-refractivity contribution is 0.410. The smallest absolute Gasteiger partial charge is 0.258 e. The SMILES string of the molecule is CCNc1nc(Oc2ccccc2SC)c(F)cc1F. The van der Waals surface area contributed by atoms with E-state index in [0.717, 1.165) is 11.0 Å². The van der Waals surface area contributed by atoms with Gasteiger partial charge >= 0.3 is 0 Å². The van der Waals surface area contributed by atoms with E-state index in [1.807, 2.05) is 18.4 Å². The Balaban J connectivity index is 2.35. The van der Waals surface area contributed by atoms with Crippen LogP contribution in [0, 0.1) is 11.6 Å². The van der Waals surface area contributed by atoms with Crippen LogP contribution in [0.2, 0.25) is 0 Å². The Hall–Kier alpha value is -1.82. The summed E-state index contributed by atoms with van der Waals surface area (Å²) in [6.07, 6.45) is 1.89. The fourth-order valence-electron chi connectivity index (χ4n) is 1.62. The van der Waals surface area contributed by atoms with E-state index < -0.39 is 11.6 Å². The zero-order chi connectivity index (χ0) is 14.5. The first-order chi connectivity index (χ1) is 9.65. The molecule has 0 amide bonds. The van der Waals surface area contributed by atoms with Gasteiger partial charge in [0.15, 0.2) is 17.5 Å². The highest BCUT2D eigenvalue weighted by Gasteiger charge is 2.14. The van der Waals surface area contributed by atoms with Crippen molar-refractivity contribution in [3.05, 3.63) is 42.0 Å². The van der Waals surface area contributed by atoms with Gasteiger partial charge in [-0.2, -0.15) is 4.98 Å². The Morgan fingerprint density at radius 2 is 2.00 bits per heavy atom.